The molecule has 5 heteroatoms. The van der Waals surface area contributed by atoms with Gasteiger partial charge in [-0.25, -0.2) is 0 Å². The lowest BCUT2D eigenvalue weighted by Crippen LogP contribution is -2.24. The van der Waals surface area contributed by atoms with Gasteiger partial charge in [0.1, 0.15) is 11.5 Å². The molecule has 0 fully saturated rings. The van der Waals surface area contributed by atoms with Crippen LogP contribution in [0.3, 0.4) is 0 Å². The number of rotatable bonds is 6. The number of nitrogens with one attached hydrogen (secondary N) is 1. The van der Waals surface area contributed by atoms with Crippen LogP contribution in [-0.4, -0.2) is 18.8 Å². The second kappa shape index (κ2) is 6.75. The van der Waals surface area contributed by atoms with Crippen LogP contribution in [0.4, 0.5) is 0 Å². The van der Waals surface area contributed by atoms with Gasteiger partial charge in [-0.2, -0.15) is 0 Å². The van der Waals surface area contributed by atoms with E-state index in [-0.39, 0.29) is 11.8 Å². The zero-order valence-corrected chi connectivity index (χ0v) is 12.2. The van der Waals surface area contributed by atoms with E-state index in [4.69, 9.17) is 9.15 Å². The molecule has 0 saturated carbocycles. The van der Waals surface area contributed by atoms with Crippen molar-refractivity contribution in [3.8, 4) is 5.75 Å². The Hall–Kier alpha value is -1.30. The molecule has 2 N–H and O–H groups in total. The van der Waals surface area contributed by atoms with Crippen LogP contribution in [-0.2, 0) is 11.3 Å². The normalized spacial score (nSPS) is 12.5. The quantitative estimate of drug-likeness (QED) is 0.856. The standard InChI is InChI=1S/C14H16BrNO3/c1-18-9-12(14-3-2-6-19-14)16-8-10-4-5-11(15)7-13(10)17/h2-7,12,16-17H,8-9H2,1H3. The molecule has 0 amide bonds. The summed E-state index contributed by atoms with van der Waals surface area (Å²) in [5, 5.41) is 13.1. The lowest BCUT2D eigenvalue weighted by Gasteiger charge is -2.16. The van der Waals surface area contributed by atoms with Crippen LogP contribution in [0.25, 0.3) is 0 Å². The number of phenolic OH excluding ortho intramolecular Hbond substituents is 1. The summed E-state index contributed by atoms with van der Waals surface area (Å²) in [5.41, 5.74) is 0.829. The van der Waals surface area contributed by atoms with Crippen LogP contribution in [0.1, 0.15) is 17.4 Å². The van der Waals surface area contributed by atoms with Crippen molar-refractivity contribution in [3.63, 3.8) is 0 Å². The van der Waals surface area contributed by atoms with Gasteiger partial charge in [0.15, 0.2) is 0 Å². The van der Waals surface area contributed by atoms with Crippen molar-refractivity contribution < 1.29 is 14.3 Å². The maximum atomic E-state index is 9.84. The monoisotopic (exact) mass is 325 g/mol. The zero-order valence-electron chi connectivity index (χ0n) is 10.6. The molecule has 0 aliphatic rings. The molecule has 2 rings (SSSR count). The summed E-state index contributed by atoms with van der Waals surface area (Å²) >= 11 is 3.32. The van der Waals surface area contributed by atoms with Gasteiger partial charge in [-0.1, -0.05) is 22.0 Å². The lowest BCUT2D eigenvalue weighted by molar-refractivity contribution is 0.156. The van der Waals surface area contributed by atoms with E-state index in [9.17, 15) is 5.11 Å². The van der Waals surface area contributed by atoms with E-state index in [1.807, 2.05) is 24.3 Å². The van der Waals surface area contributed by atoms with E-state index in [2.05, 4.69) is 21.2 Å². The fraction of sp³-hybridized carbons (Fsp3) is 0.286. The second-order valence-corrected chi connectivity index (χ2v) is 5.09. The summed E-state index contributed by atoms with van der Waals surface area (Å²) in [6, 6.07) is 9.15. The van der Waals surface area contributed by atoms with E-state index in [1.54, 1.807) is 19.4 Å². The minimum absolute atomic E-state index is 0.0388. The predicted octanol–water partition coefficient (Wildman–Crippen LogP) is 3.23. The minimum Gasteiger partial charge on any atom is -0.508 e. The third-order valence-corrected chi connectivity index (χ3v) is 3.30. The summed E-state index contributed by atoms with van der Waals surface area (Å²) in [6.45, 7) is 1.04. The Morgan fingerprint density at radius 3 is 2.89 bits per heavy atom. The van der Waals surface area contributed by atoms with E-state index in [0.717, 1.165) is 15.8 Å². The predicted molar refractivity (Wildman–Crippen MR) is 76.0 cm³/mol. The average Bonchev–Trinajstić information content (AvgIpc) is 2.90. The third kappa shape index (κ3) is 3.83. The number of benzene rings is 1. The number of ether oxygens (including phenoxy) is 1. The largest absolute Gasteiger partial charge is 0.508 e. The molecule has 4 nitrogen and oxygen atoms in total. The highest BCUT2D eigenvalue weighted by molar-refractivity contribution is 9.10. The molecule has 102 valence electrons. The van der Waals surface area contributed by atoms with Crippen LogP contribution < -0.4 is 5.32 Å². The molecular weight excluding hydrogens is 310 g/mol. The Kier molecular flexibility index (Phi) is 5.01. The number of furan rings is 1. The number of aromatic hydroxyl groups is 1. The first-order valence-electron chi connectivity index (χ1n) is 5.94. The Morgan fingerprint density at radius 2 is 2.26 bits per heavy atom. The Balaban J connectivity index is 2.02. The lowest BCUT2D eigenvalue weighted by atomic mass is 10.1. The van der Waals surface area contributed by atoms with Crippen LogP contribution in [0.5, 0.6) is 5.75 Å². The molecule has 0 aliphatic heterocycles. The van der Waals surface area contributed by atoms with Crippen molar-refractivity contribution >= 4 is 15.9 Å². The average molecular weight is 326 g/mol. The molecule has 1 unspecified atom stereocenters. The Labute approximate surface area is 120 Å². The number of hydrogen-bond acceptors (Lipinski definition) is 4. The Bertz CT molecular complexity index is 513. The van der Waals surface area contributed by atoms with Gasteiger partial charge in [0, 0.05) is 23.7 Å². The Morgan fingerprint density at radius 1 is 1.42 bits per heavy atom. The first kappa shape index (κ1) is 14.1. The number of hydrogen-bond donors (Lipinski definition) is 2. The molecule has 1 heterocycles. The molecule has 0 aliphatic carbocycles. The van der Waals surface area contributed by atoms with Crippen LogP contribution in [0.2, 0.25) is 0 Å². The molecule has 0 saturated heterocycles. The minimum atomic E-state index is -0.0388. The molecule has 0 radical (unpaired) electrons. The van der Waals surface area contributed by atoms with E-state index < -0.39 is 0 Å². The maximum Gasteiger partial charge on any atom is 0.123 e. The molecular formula is C14H16BrNO3. The second-order valence-electron chi connectivity index (χ2n) is 4.18. The summed E-state index contributed by atoms with van der Waals surface area (Å²) in [4.78, 5) is 0. The molecule has 1 aromatic carbocycles. The van der Waals surface area contributed by atoms with Crippen LogP contribution in [0.15, 0.2) is 45.5 Å². The van der Waals surface area contributed by atoms with Gasteiger partial charge in [0.2, 0.25) is 0 Å². The van der Waals surface area contributed by atoms with Gasteiger partial charge < -0.3 is 19.6 Å². The van der Waals surface area contributed by atoms with Gasteiger partial charge in [-0.05, 0) is 24.3 Å². The fourth-order valence-corrected chi connectivity index (χ4v) is 2.17. The highest BCUT2D eigenvalue weighted by Gasteiger charge is 2.14. The highest BCUT2D eigenvalue weighted by Crippen LogP contribution is 2.23. The SMILES string of the molecule is COCC(NCc1ccc(Br)cc1O)c1ccco1. The molecule has 0 bridgehead atoms. The molecule has 19 heavy (non-hydrogen) atoms. The fourth-order valence-electron chi connectivity index (χ4n) is 1.82. The summed E-state index contributed by atoms with van der Waals surface area (Å²) < 4.78 is 11.4. The van der Waals surface area contributed by atoms with E-state index >= 15 is 0 Å². The van der Waals surface area contributed by atoms with Crippen molar-refractivity contribution in [2.24, 2.45) is 0 Å². The maximum absolute atomic E-state index is 9.84. The summed E-state index contributed by atoms with van der Waals surface area (Å²) in [7, 11) is 1.65. The molecule has 1 atom stereocenters. The number of halogens is 1. The summed E-state index contributed by atoms with van der Waals surface area (Å²) in [6.07, 6.45) is 1.64. The summed E-state index contributed by atoms with van der Waals surface area (Å²) in [5.74, 6) is 1.08. The van der Waals surface area contributed by atoms with Gasteiger partial charge in [-0.15, -0.1) is 0 Å². The zero-order chi connectivity index (χ0) is 13.7. The van der Waals surface area contributed by atoms with Crippen molar-refractivity contribution in [3.05, 3.63) is 52.4 Å². The first-order valence-corrected chi connectivity index (χ1v) is 6.73. The van der Waals surface area contributed by atoms with Crippen LogP contribution >= 0.6 is 15.9 Å². The smallest absolute Gasteiger partial charge is 0.123 e. The molecule has 1 aromatic heterocycles. The molecule has 0 spiro atoms. The molecule has 2 aromatic rings. The van der Waals surface area contributed by atoms with Crippen molar-refractivity contribution in [1.29, 1.82) is 0 Å². The van der Waals surface area contributed by atoms with Crippen molar-refractivity contribution in [2.75, 3.05) is 13.7 Å². The third-order valence-electron chi connectivity index (χ3n) is 2.81. The van der Waals surface area contributed by atoms with Gasteiger partial charge in [0.25, 0.3) is 0 Å². The number of methoxy groups -OCH3 is 1. The van der Waals surface area contributed by atoms with Crippen molar-refractivity contribution in [1.82, 2.24) is 5.32 Å². The van der Waals surface area contributed by atoms with Crippen LogP contribution in [0, 0.1) is 0 Å². The van der Waals surface area contributed by atoms with E-state index in [0.29, 0.717) is 13.2 Å². The highest BCUT2D eigenvalue weighted by atomic mass is 79.9. The van der Waals surface area contributed by atoms with E-state index in [1.165, 1.54) is 0 Å². The van der Waals surface area contributed by atoms with Gasteiger partial charge in [-0.3, -0.25) is 0 Å². The van der Waals surface area contributed by atoms with Gasteiger partial charge >= 0.3 is 0 Å². The topological polar surface area (TPSA) is 54.6 Å². The number of phenols is 1. The first-order chi connectivity index (χ1) is 9.20. The van der Waals surface area contributed by atoms with Crippen molar-refractivity contribution in [2.45, 2.75) is 12.6 Å². The van der Waals surface area contributed by atoms with Gasteiger partial charge in [0.05, 0.1) is 18.9 Å².